The van der Waals surface area contributed by atoms with Crippen molar-refractivity contribution in [1.82, 2.24) is 4.98 Å². The molecule has 0 aliphatic heterocycles. The van der Waals surface area contributed by atoms with Crippen molar-refractivity contribution < 1.29 is 9.53 Å². The van der Waals surface area contributed by atoms with E-state index in [1.807, 2.05) is 18.2 Å². The number of aromatic nitrogens is 1. The van der Waals surface area contributed by atoms with Gasteiger partial charge >= 0.3 is 5.97 Å². The lowest BCUT2D eigenvalue weighted by Gasteiger charge is -2.24. The summed E-state index contributed by atoms with van der Waals surface area (Å²) in [4.78, 5) is 15.8. The molecule has 1 aromatic heterocycles. The topological polar surface area (TPSA) is 65.2 Å². The van der Waals surface area contributed by atoms with Crippen LogP contribution in [-0.2, 0) is 9.53 Å². The van der Waals surface area contributed by atoms with Gasteiger partial charge in [0.15, 0.2) is 0 Å². The van der Waals surface area contributed by atoms with Crippen LogP contribution in [0.25, 0.3) is 0 Å². The monoisotopic (exact) mass is 352 g/mol. The number of pyridine rings is 1. The number of ether oxygens (including phenoxy) is 1. The molecule has 0 aliphatic carbocycles. The van der Waals surface area contributed by atoms with Crippen LogP contribution in [0.3, 0.4) is 0 Å². The van der Waals surface area contributed by atoms with Gasteiger partial charge in [0.2, 0.25) is 0 Å². The van der Waals surface area contributed by atoms with E-state index in [-0.39, 0.29) is 24.3 Å². The maximum Gasteiger partial charge on any atom is 0.305 e. The predicted molar refractivity (Wildman–Crippen MR) is 91.6 cm³/mol. The summed E-state index contributed by atoms with van der Waals surface area (Å²) in [5.74, 6) is -0.380. The second-order valence-corrected chi connectivity index (χ2v) is 6.08. The molecule has 0 saturated carbocycles. The number of carbonyl (C=O) groups excluding carboxylic acids is 1. The van der Waals surface area contributed by atoms with Crippen molar-refractivity contribution in [2.45, 2.75) is 24.8 Å². The molecule has 0 aliphatic rings. The normalized spacial score (nSPS) is 13.4. The summed E-state index contributed by atoms with van der Waals surface area (Å²) in [5, 5.41) is 1.18. The smallest absolute Gasteiger partial charge is 0.305 e. The maximum absolute atomic E-state index is 11.5. The largest absolute Gasteiger partial charge is 0.469 e. The van der Waals surface area contributed by atoms with Crippen molar-refractivity contribution in [3.8, 4) is 0 Å². The molecule has 0 bridgehead atoms. The van der Waals surface area contributed by atoms with E-state index in [9.17, 15) is 4.79 Å². The van der Waals surface area contributed by atoms with Gasteiger partial charge in [-0.3, -0.25) is 9.78 Å². The molecule has 0 spiro atoms. The molecule has 2 atom stereocenters. The van der Waals surface area contributed by atoms with Crippen molar-refractivity contribution >= 4 is 29.2 Å². The quantitative estimate of drug-likeness (QED) is 0.794. The highest BCUT2D eigenvalue weighted by molar-refractivity contribution is 6.30. The Balaban J connectivity index is 2.28. The van der Waals surface area contributed by atoms with Crippen LogP contribution in [0.5, 0.6) is 0 Å². The molecule has 0 fully saturated rings. The SMILES string of the molecule is COC(=O)CC[C@H](c1cccc(Cl)c1)[C@H](N)c1ccc(Cl)cn1. The molecule has 1 heterocycles. The molecular weight excluding hydrogens is 335 g/mol. The van der Waals surface area contributed by atoms with Crippen molar-refractivity contribution in [3.05, 3.63) is 63.9 Å². The van der Waals surface area contributed by atoms with E-state index in [4.69, 9.17) is 33.7 Å². The second kappa shape index (κ2) is 8.29. The van der Waals surface area contributed by atoms with Crippen LogP contribution >= 0.6 is 23.2 Å². The number of carbonyl (C=O) groups is 1. The molecule has 2 rings (SSSR count). The molecular formula is C17H18Cl2N2O2. The van der Waals surface area contributed by atoms with E-state index >= 15 is 0 Å². The van der Waals surface area contributed by atoms with Gasteiger partial charge in [-0.1, -0.05) is 35.3 Å². The Labute approximate surface area is 145 Å². The number of nitrogens with zero attached hydrogens (tertiary/aromatic N) is 1. The minimum absolute atomic E-state index is 0.110. The van der Waals surface area contributed by atoms with Crippen LogP contribution in [0.15, 0.2) is 42.6 Å². The third kappa shape index (κ3) is 4.93. The Morgan fingerprint density at radius 3 is 2.65 bits per heavy atom. The van der Waals surface area contributed by atoms with Crippen LogP contribution in [0, 0.1) is 0 Å². The van der Waals surface area contributed by atoms with Gasteiger partial charge in [0.05, 0.1) is 23.9 Å². The number of hydrogen-bond acceptors (Lipinski definition) is 4. The zero-order valence-electron chi connectivity index (χ0n) is 12.7. The number of halogens is 2. The number of esters is 1. The molecule has 0 unspecified atom stereocenters. The fourth-order valence-corrected chi connectivity index (χ4v) is 2.77. The van der Waals surface area contributed by atoms with Crippen molar-refractivity contribution in [2.24, 2.45) is 5.73 Å². The number of rotatable bonds is 6. The van der Waals surface area contributed by atoms with Crippen LogP contribution < -0.4 is 5.73 Å². The molecule has 23 heavy (non-hydrogen) atoms. The van der Waals surface area contributed by atoms with E-state index < -0.39 is 0 Å². The predicted octanol–water partition coefficient (Wildman–Crippen LogP) is 4.13. The summed E-state index contributed by atoms with van der Waals surface area (Å²) < 4.78 is 4.72. The number of nitrogens with two attached hydrogens (primary N) is 1. The molecule has 2 aromatic rings. The summed E-state index contributed by atoms with van der Waals surface area (Å²) in [5.41, 5.74) is 8.07. The van der Waals surface area contributed by atoms with Gasteiger partial charge in [-0.2, -0.15) is 0 Å². The summed E-state index contributed by atoms with van der Waals surface area (Å²) in [6.45, 7) is 0. The first-order chi connectivity index (χ1) is 11.0. The molecule has 0 radical (unpaired) electrons. The minimum atomic E-state index is -0.379. The van der Waals surface area contributed by atoms with Crippen molar-refractivity contribution in [2.75, 3.05) is 7.11 Å². The zero-order valence-corrected chi connectivity index (χ0v) is 14.2. The Morgan fingerprint density at radius 1 is 1.26 bits per heavy atom. The number of hydrogen-bond donors (Lipinski definition) is 1. The highest BCUT2D eigenvalue weighted by Crippen LogP contribution is 2.33. The highest BCUT2D eigenvalue weighted by atomic mass is 35.5. The summed E-state index contributed by atoms with van der Waals surface area (Å²) in [6.07, 6.45) is 2.37. The lowest BCUT2D eigenvalue weighted by atomic mass is 9.86. The van der Waals surface area contributed by atoms with E-state index in [1.54, 1.807) is 24.4 Å². The van der Waals surface area contributed by atoms with E-state index in [0.29, 0.717) is 22.2 Å². The van der Waals surface area contributed by atoms with E-state index in [1.165, 1.54) is 7.11 Å². The van der Waals surface area contributed by atoms with Crippen LogP contribution in [0.1, 0.15) is 36.1 Å². The Hall–Kier alpha value is -1.62. The minimum Gasteiger partial charge on any atom is -0.469 e. The zero-order chi connectivity index (χ0) is 16.8. The van der Waals surface area contributed by atoms with Crippen molar-refractivity contribution in [1.29, 1.82) is 0 Å². The lowest BCUT2D eigenvalue weighted by Crippen LogP contribution is -2.22. The second-order valence-electron chi connectivity index (χ2n) is 5.20. The standard InChI is InChI=1S/C17H18Cl2N2O2/c1-23-16(22)8-6-14(11-3-2-4-12(18)9-11)17(20)15-7-5-13(19)10-21-15/h2-5,7,9-10,14,17H,6,8,20H2,1H3/t14-,17+/m1/s1. The van der Waals surface area contributed by atoms with Gasteiger partial charge in [0, 0.05) is 23.6 Å². The first-order valence-corrected chi connectivity index (χ1v) is 7.96. The van der Waals surface area contributed by atoms with Gasteiger partial charge in [0.25, 0.3) is 0 Å². The molecule has 4 nitrogen and oxygen atoms in total. The molecule has 2 N–H and O–H groups in total. The molecule has 122 valence electrons. The lowest BCUT2D eigenvalue weighted by molar-refractivity contribution is -0.140. The maximum atomic E-state index is 11.5. The molecule has 0 saturated heterocycles. The average Bonchev–Trinajstić information content (AvgIpc) is 2.55. The summed E-state index contributed by atoms with van der Waals surface area (Å²) >= 11 is 12.0. The van der Waals surface area contributed by atoms with Gasteiger partial charge < -0.3 is 10.5 Å². The van der Waals surface area contributed by atoms with Gasteiger partial charge in [0.1, 0.15) is 0 Å². The van der Waals surface area contributed by atoms with E-state index in [2.05, 4.69) is 4.98 Å². The Bertz CT molecular complexity index is 662. The fourth-order valence-electron chi connectivity index (χ4n) is 2.46. The van der Waals surface area contributed by atoms with Crippen LogP contribution in [-0.4, -0.2) is 18.1 Å². The van der Waals surface area contributed by atoms with Crippen LogP contribution in [0.4, 0.5) is 0 Å². The third-order valence-corrected chi connectivity index (χ3v) is 4.15. The molecule has 1 aromatic carbocycles. The molecule has 0 amide bonds. The molecule has 6 heteroatoms. The van der Waals surface area contributed by atoms with Crippen LogP contribution in [0.2, 0.25) is 10.0 Å². The summed E-state index contributed by atoms with van der Waals surface area (Å²) in [6, 6.07) is 10.6. The Morgan fingerprint density at radius 2 is 2.04 bits per heavy atom. The average molecular weight is 353 g/mol. The number of methoxy groups -OCH3 is 1. The number of benzene rings is 1. The van der Waals surface area contributed by atoms with E-state index in [0.717, 1.165) is 5.56 Å². The fraction of sp³-hybridized carbons (Fsp3) is 0.294. The van der Waals surface area contributed by atoms with Gasteiger partial charge in [-0.05, 0) is 36.2 Å². The van der Waals surface area contributed by atoms with Gasteiger partial charge in [-0.25, -0.2) is 0 Å². The van der Waals surface area contributed by atoms with Gasteiger partial charge in [-0.15, -0.1) is 0 Å². The highest BCUT2D eigenvalue weighted by Gasteiger charge is 2.24. The van der Waals surface area contributed by atoms with Crippen molar-refractivity contribution in [3.63, 3.8) is 0 Å². The first kappa shape index (κ1) is 17.7. The first-order valence-electron chi connectivity index (χ1n) is 7.20. The third-order valence-electron chi connectivity index (χ3n) is 3.69. The Kier molecular flexibility index (Phi) is 6.39. The summed E-state index contributed by atoms with van der Waals surface area (Å²) in [7, 11) is 1.37.